The molecular formula is C15H18ClN3S2. The lowest BCUT2D eigenvalue weighted by Gasteiger charge is -2.24. The fourth-order valence-electron chi connectivity index (χ4n) is 1.95. The Balaban J connectivity index is 1.90. The molecule has 0 bridgehead atoms. The Hall–Kier alpha value is -1.14. The van der Waals surface area contributed by atoms with Crippen LogP contribution in [0.2, 0.25) is 5.02 Å². The van der Waals surface area contributed by atoms with Gasteiger partial charge in [0.1, 0.15) is 0 Å². The standard InChI is InChI=1S/C15H18ClN3S2/c1-19(2)13(14-7-4-8-21-14)10-17-15(20)18-12-6-3-5-11(16)9-12/h3-9,13H,10H2,1-2H3,(H2,17,18,20)/t13-/m1/s1. The lowest BCUT2D eigenvalue weighted by molar-refractivity contribution is 0.303. The number of rotatable bonds is 5. The summed E-state index contributed by atoms with van der Waals surface area (Å²) in [6.07, 6.45) is 0. The van der Waals surface area contributed by atoms with E-state index in [1.165, 1.54) is 4.88 Å². The van der Waals surface area contributed by atoms with Gasteiger partial charge < -0.3 is 15.5 Å². The Kier molecular flexibility index (Phi) is 5.99. The van der Waals surface area contributed by atoms with Crippen molar-refractivity contribution >= 4 is 46.0 Å². The molecule has 2 aromatic rings. The van der Waals surface area contributed by atoms with Gasteiger partial charge in [-0.05, 0) is 56.0 Å². The number of thiophene rings is 1. The predicted octanol–water partition coefficient (Wildman–Crippen LogP) is 3.99. The first kappa shape index (κ1) is 16.2. The molecule has 1 aromatic heterocycles. The summed E-state index contributed by atoms with van der Waals surface area (Å²) in [6, 6.07) is 12.0. The third-order valence-corrected chi connectivity index (χ3v) is 4.49. The average molecular weight is 340 g/mol. The molecule has 0 amide bonds. The zero-order valence-electron chi connectivity index (χ0n) is 12.0. The van der Waals surface area contributed by atoms with Crippen molar-refractivity contribution in [2.45, 2.75) is 6.04 Å². The number of likely N-dealkylation sites (N-methyl/N-ethyl adjacent to an activating group) is 1. The van der Waals surface area contributed by atoms with Crippen LogP contribution in [0, 0.1) is 0 Å². The molecule has 0 aliphatic carbocycles. The van der Waals surface area contributed by atoms with Crippen LogP contribution in [0.3, 0.4) is 0 Å². The van der Waals surface area contributed by atoms with Gasteiger partial charge in [0, 0.05) is 22.1 Å². The maximum absolute atomic E-state index is 5.96. The first-order chi connectivity index (χ1) is 10.1. The van der Waals surface area contributed by atoms with Crippen LogP contribution in [0.15, 0.2) is 41.8 Å². The average Bonchev–Trinajstić information content (AvgIpc) is 2.92. The summed E-state index contributed by atoms with van der Waals surface area (Å²) in [5, 5.41) is 9.78. The highest BCUT2D eigenvalue weighted by molar-refractivity contribution is 7.80. The summed E-state index contributed by atoms with van der Waals surface area (Å²) in [7, 11) is 4.14. The van der Waals surface area contributed by atoms with Crippen LogP contribution in [-0.2, 0) is 0 Å². The Morgan fingerprint density at radius 1 is 1.33 bits per heavy atom. The SMILES string of the molecule is CN(C)[C@H](CNC(=S)Nc1cccc(Cl)c1)c1cccs1. The van der Waals surface area contributed by atoms with Gasteiger partial charge in [-0.1, -0.05) is 23.7 Å². The number of hydrogen-bond acceptors (Lipinski definition) is 3. The molecule has 2 N–H and O–H groups in total. The molecule has 0 fully saturated rings. The minimum atomic E-state index is 0.295. The normalized spacial score (nSPS) is 12.2. The summed E-state index contributed by atoms with van der Waals surface area (Å²) in [4.78, 5) is 3.50. The lowest BCUT2D eigenvalue weighted by atomic mass is 10.2. The van der Waals surface area contributed by atoms with E-state index in [9.17, 15) is 0 Å². The Morgan fingerprint density at radius 3 is 2.76 bits per heavy atom. The molecule has 1 heterocycles. The Labute approximate surface area is 139 Å². The van der Waals surface area contributed by atoms with Gasteiger partial charge >= 0.3 is 0 Å². The molecule has 1 atom stereocenters. The number of halogens is 1. The third-order valence-electron chi connectivity index (χ3n) is 3.03. The molecule has 0 saturated carbocycles. The van der Waals surface area contributed by atoms with Gasteiger partial charge in [-0.15, -0.1) is 11.3 Å². The quantitative estimate of drug-likeness (QED) is 0.805. The molecular weight excluding hydrogens is 322 g/mol. The van der Waals surface area contributed by atoms with Gasteiger partial charge in [0.15, 0.2) is 5.11 Å². The van der Waals surface area contributed by atoms with Crippen LogP contribution in [0.4, 0.5) is 5.69 Å². The lowest BCUT2D eigenvalue weighted by Crippen LogP contribution is -2.36. The van der Waals surface area contributed by atoms with E-state index in [1.54, 1.807) is 11.3 Å². The highest BCUT2D eigenvalue weighted by Gasteiger charge is 2.15. The van der Waals surface area contributed by atoms with E-state index < -0.39 is 0 Å². The number of nitrogens with zero attached hydrogens (tertiary/aromatic N) is 1. The van der Waals surface area contributed by atoms with E-state index in [1.807, 2.05) is 24.3 Å². The number of anilines is 1. The van der Waals surface area contributed by atoms with Crippen molar-refractivity contribution in [3.05, 3.63) is 51.7 Å². The van der Waals surface area contributed by atoms with E-state index in [4.69, 9.17) is 23.8 Å². The maximum atomic E-state index is 5.96. The molecule has 0 unspecified atom stereocenters. The zero-order valence-corrected chi connectivity index (χ0v) is 14.4. The second kappa shape index (κ2) is 7.75. The molecule has 0 radical (unpaired) electrons. The fourth-order valence-corrected chi connectivity index (χ4v) is 3.26. The van der Waals surface area contributed by atoms with Crippen LogP contribution in [0.5, 0.6) is 0 Å². The smallest absolute Gasteiger partial charge is 0.170 e. The van der Waals surface area contributed by atoms with E-state index in [-0.39, 0.29) is 0 Å². The molecule has 1 aromatic carbocycles. The van der Waals surface area contributed by atoms with Crippen LogP contribution in [0.25, 0.3) is 0 Å². The Bertz CT molecular complexity index is 584. The van der Waals surface area contributed by atoms with E-state index in [0.29, 0.717) is 16.2 Å². The summed E-state index contributed by atoms with van der Waals surface area (Å²) >= 11 is 13.0. The third kappa shape index (κ3) is 4.97. The van der Waals surface area contributed by atoms with Gasteiger partial charge in [-0.3, -0.25) is 0 Å². The Morgan fingerprint density at radius 2 is 2.14 bits per heavy atom. The highest BCUT2D eigenvalue weighted by Crippen LogP contribution is 2.22. The molecule has 112 valence electrons. The van der Waals surface area contributed by atoms with Crippen molar-refractivity contribution in [1.29, 1.82) is 0 Å². The van der Waals surface area contributed by atoms with Gasteiger partial charge in [0.2, 0.25) is 0 Å². The highest BCUT2D eigenvalue weighted by atomic mass is 35.5. The van der Waals surface area contributed by atoms with Crippen LogP contribution in [0.1, 0.15) is 10.9 Å². The number of thiocarbonyl (C=S) groups is 1. The minimum Gasteiger partial charge on any atom is -0.360 e. The molecule has 0 aliphatic rings. The number of hydrogen-bond donors (Lipinski definition) is 2. The van der Waals surface area contributed by atoms with E-state index in [2.05, 4.69) is 47.1 Å². The summed E-state index contributed by atoms with van der Waals surface area (Å²) in [5.41, 5.74) is 0.887. The van der Waals surface area contributed by atoms with Crippen LogP contribution >= 0.6 is 35.2 Å². The van der Waals surface area contributed by atoms with E-state index >= 15 is 0 Å². The second-order valence-electron chi connectivity index (χ2n) is 4.84. The van der Waals surface area contributed by atoms with Crippen molar-refractivity contribution in [3.8, 4) is 0 Å². The topological polar surface area (TPSA) is 27.3 Å². The number of nitrogens with one attached hydrogen (secondary N) is 2. The summed E-state index contributed by atoms with van der Waals surface area (Å²) in [5.74, 6) is 0. The molecule has 6 heteroatoms. The maximum Gasteiger partial charge on any atom is 0.170 e. The zero-order chi connectivity index (χ0) is 15.2. The fraction of sp³-hybridized carbons (Fsp3) is 0.267. The molecule has 0 saturated heterocycles. The molecule has 2 rings (SSSR count). The second-order valence-corrected chi connectivity index (χ2v) is 6.66. The van der Waals surface area contributed by atoms with Gasteiger partial charge in [0.05, 0.1) is 6.04 Å². The van der Waals surface area contributed by atoms with Gasteiger partial charge in [-0.2, -0.15) is 0 Å². The van der Waals surface area contributed by atoms with Crippen molar-refractivity contribution in [2.75, 3.05) is 26.0 Å². The van der Waals surface area contributed by atoms with Crippen molar-refractivity contribution < 1.29 is 0 Å². The largest absolute Gasteiger partial charge is 0.360 e. The molecule has 3 nitrogen and oxygen atoms in total. The molecule has 0 aliphatic heterocycles. The van der Waals surface area contributed by atoms with Crippen LogP contribution in [-0.4, -0.2) is 30.7 Å². The summed E-state index contributed by atoms with van der Waals surface area (Å²) < 4.78 is 0. The molecule has 0 spiro atoms. The van der Waals surface area contributed by atoms with Crippen molar-refractivity contribution in [3.63, 3.8) is 0 Å². The van der Waals surface area contributed by atoms with Crippen LogP contribution < -0.4 is 10.6 Å². The van der Waals surface area contributed by atoms with Crippen molar-refractivity contribution in [1.82, 2.24) is 10.2 Å². The van der Waals surface area contributed by atoms with Gasteiger partial charge in [-0.25, -0.2) is 0 Å². The molecule has 21 heavy (non-hydrogen) atoms. The number of benzene rings is 1. The predicted molar refractivity (Wildman–Crippen MR) is 96.4 cm³/mol. The summed E-state index contributed by atoms with van der Waals surface area (Å²) in [6.45, 7) is 0.750. The first-order valence-corrected chi connectivity index (χ1v) is 8.23. The monoisotopic (exact) mass is 339 g/mol. The van der Waals surface area contributed by atoms with Gasteiger partial charge in [0.25, 0.3) is 0 Å². The minimum absolute atomic E-state index is 0.295. The van der Waals surface area contributed by atoms with E-state index in [0.717, 1.165) is 12.2 Å². The van der Waals surface area contributed by atoms with Crippen molar-refractivity contribution in [2.24, 2.45) is 0 Å². The first-order valence-electron chi connectivity index (χ1n) is 6.56.